The maximum absolute atomic E-state index is 8.64. The van der Waals surface area contributed by atoms with Gasteiger partial charge in [-0.15, -0.1) is 0 Å². The van der Waals surface area contributed by atoms with Crippen LogP contribution in [0.2, 0.25) is 0 Å². The lowest BCUT2D eigenvalue weighted by molar-refractivity contribution is 0.0748. The first kappa shape index (κ1) is 7.40. The molecule has 0 heterocycles. The van der Waals surface area contributed by atoms with E-state index in [2.05, 4.69) is 15.9 Å². The second-order valence-electron chi connectivity index (χ2n) is 1.35. The molecule has 0 amide bonds. The molecule has 0 saturated heterocycles. The largest absolute Gasteiger partial charge is 0.390 e. The van der Waals surface area contributed by atoms with Gasteiger partial charge in [-0.05, 0) is 6.42 Å². The minimum atomic E-state index is -0.766. The fraction of sp³-hybridized carbons (Fsp3) is 1.00. The number of aliphatic hydroxyl groups is 2. The number of hydrogen-bond acceptors (Lipinski definition) is 2. The van der Waals surface area contributed by atoms with Gasteiger partial charge in [-0.25, -0.2) is 0 Å². The minimum absolute atomic E-state index is 0.576. The average molecular weight is 169 g/mol. The smallest absolute Gasteiger partial charge is 0.134 e. The summed E-state index contributed by atoms with van der Waals surface area (Å²) in [5.41, 5.74) is 0. The van der Waals surface area contributed by atoms with E-state index in [0.717, 1.165) is 0 Å². The molecule has 0 aromatic heterocycles. The quantitative estimate of drug-likeness (QED) is 0.590. The van der Waals surface area contributed by atoms with Crippen molar-refractivity contribution in [2.45, 2.75) is 24.5 Å². The third-order valence-electron chi connectivity index (χ3n) is 0.736. The van der Waals surface area contributed by atoms with E-state index in [9.17, 15) is 0 Å². The van der Waals surface area contributed by atoms with Crippen molar-refractivity contribution >= 4 is 15.9 Å². The normalized spacial score (nSPS) is 18.9. The zero-order chi connectivity index (χ0) is 5.86. The van der Waals surface area contributed by atoms with E-state index in [0.29, 0.717) is 6.42 Å². The van der Waals surface area contributed by atoms with Gasteiger partial charge in [0.05, 0.1) is 6.10 Å². The lowest BCUT2D eigenvalue weighted by Crippen LogP contribution is -2.17. The van der Waals surface area contributed by atoms with Crippen LogP contribution in [0.3, 0.4) is 0 Å². The summed E-state index contributed by atoms with van der Waals surface area (Å²) in [6.07, 6.45) is -0.0492. The lowest BCUT2D eigenvalue weighted by atomic mass is 10.3. The molecule has 2 atom stereocenters. The van der Waals surface area contributed by atoms with Crippen LogP contribution in [0.15, 0.2) is 0 Å². The Labute approximate surface area is 51.3 Å². The standard InChI is InChI=1S/C4H9BrO2/c1-2-3(6)4(5)7/h3-4,6-7H,2H2,1H3. The summed E-state index contributed by atoms with van der Waals surface area (Å²) in [7, 11) is 0. The SMILES string of the molecule is CCC(O)C(O)Br. The molecule has 3 heteroatoms. The predicted molar refractivity (Wildman–Crippen MR) is 31.2 cm³/mol. The van der Waals surface area contributed by atoms with E-state index in [1.54, 1.807) is 6.92 Å². The average Bonchev–Trinajstić information content (AvgIpc) is 1.65. The number of rotatable bonds is 2. The van der Waals surface area contributed by atoms with Gasteiger partial charge in [-0.3, -0.25) is 0 Å². The monoisotopic (exact) mass is 168 g/mol. The Morgan fingerprint density at radius 1 is 1.57 bits per heavy atom. The van der Waals surface area contributed by atoms with E-state index in [1.807, 2.05) is 0 Å². The Hall–Kier alpha value is 0.400. The van der Waals surface area contributed by atoms with Crippen molar-refractivity contribution < 1.29 is 10.2 Å². The molecule has 2 unspecified atom stereocenters. The molecule has 2 nitrogen and oxygen atoms in total. The summed E-state index contributed by atoms with van der Waals surface area (Å²) >= 11 is 2.81. The van der Waals surface area contributed by atoms with E-state index >= 15 is 0 Å². The number of alkyl halides is 1. The topological polar surface area (TPSA) is 40.5 Å². The van der Waals surface area contributed by atoms with Crippen LogP contribution >= 0.6 is 15.9 Å². The maximum Gasteiger partial charge on any atom is 0.134 e. The molecule has 2 N–H and O–H groups in total. The van der Waals surface area contributed by atoms with Crippen molar-refractivity contribution in [1.82, 2.24) is 0 Å². The van der Waals surface area contributed by atoms with Crippen LogP contribution in [0, 0.1) is 0 Å². The first-order valence-corrected chi connectivity index (χ1v) is 3.10. The molecule has 0 aromatic carbocycles. The second-order valence-corrected chi connectivity index (χ2v) is 2.29. The fourth-order valence-corrected chi connectivity index (χ4v) is 0.568. The lowest BCUT2D eigenvalue weighted by Gasteiger charge is -2.06. The van der Waals surface area contributed by atoms with Gasteiger partial charge in [0, 0.05) is 0 Å². The fourth-order valence-electron chi connectivity index (χ4n) is 0.194. The highest BCUT2D eigenvalue weighted by molar-refractivity contribution is 9.09. The molecule has 0 aliphatic carbocycles. The zero-order valence-corrected chi connectivity index (χ0v) is 5.72. The summed E-state index contributed by atoms with van der Waals surface area (Å²) in [5.74, 6) is 0. The second kappa shape index (κ2) is 3.41. The summed E-state index contributed by atoms with van der Waals surface area (Å²) in [4.78, 5) is 0. The van der Waals surface area contributed by atoms with Crippen LogP contribution in [-0.4, -0.2) is 21.3 Å². The van der Waals surface area contributed by atoms with Gasteiger partial charge in [0.25, 0.3) is 0 Å². The maximum atomic E-state index is 8.64. The molecule has 0 radical (unpaired) electrons. The van der Waals surface area contributed by atoms with Gasteiger partial charge in [-0.1, -0.05) is 22.9 Å². The molecular formula is C4H9BrO2. The molecule has 0 spiro atoms. The Balaban J connectivity index is 3.14. The van der Waals surface area contributed by atoms with Crippen LogP contribution in [0.4, 0.5) is 0 Å². The minimum Gasteiger partial charge on any atom is -0.390 e. The van der Waals surface area contributed by atoms with Gasteiger partial charge >= 0.3 is 0 Å². The third kappa shape index (κ3) is 3.02. The van der Waals surface area contributed by atoms with Crippen molar-refractivity contribution in [2.24, 2.45) is 0 Å². The molecule has 0 fully saturated rings. The Bertz CT molecular complexity index is 47.0. The first-order chi connectivity index (χ1) is 3.18. The Morgan fingerprint density at radius 2 is 2.00 bits per heavy atom. The summed E-state index contributed by atoms with van der Waals surface area (Å²) < 4.78 is 0. The van der Waals surface area contributed by atoms with E-state index < -0.39 is 11.1 Å². The van der Waals surface area contributed by atoms with Gasteiger partial charge in [0.2, 0.25) is 0 Å². The van der Waals surface area contributed by atoms with E-state index in [4.69, 9.17) is 10.2 Å². The van der Waals surface area contributed by atoms with Crippen molar-refractivity contribution in [2.75, 3.05) is 0 Å². The van der Waals surface area contributed by atoms with Crippen LogP contribution in [0.25, 0.3) is 0 Å². The van der Waals surface area contributed by atoms with Crippen molar-refractivity contribution in [3.05, 3.63) is 0 Å². The van der Waals surface area contributed by atoms with Crippen molar-refractivity contribution in [3.8, 4) is 0 Å². The molecule has 0 aromatic rings. The zero-order valence-electron chi connectivity index (χ0n) is 4.13. The Morgan fingerprint density at radius 3 is 2.00 bits per heavy atom. The van der Waals surface area contributed by atoms with Crippen molar-refractivity contribution in [1.29, 1.82) is 0 Å². The number of halogens is 1. The molecule has 44 valence electrons. The van der Waals surface area contributed by atoms with E-state index in [1.165, 1.54) is 0 Å². The summed E-state index contributed by atoms with van der Waals surface area (Å²) in [6, 6.07) is 0. The summed E-state index contributed by atoms with van der Waals surface area (Å²) in [6.45, 7) is 1.80. The number of aliphatic hydroxyl groups excluding tert-OH is 2. The highest BCUT2D eigenvalue weighted by atomic mass is 79.9. The third-order valence-corrected chi connectivity index (χ3v) is 1.35. The van der Waals surface area contributed by atoms with Crippen LogP contribution in [-0.2, 0) is 0 Å². The van der Waals surface area contributed by atoms with Gasteiger partial charge in [0.15, 0.2) is 0 Å². The molecule has 0 bridgehead atoms. The Kier molecular flexibility index (Phi) is 3.60. The van der Waals surface area contributed by atoms with Crippen LogP contribution in [0.1, 0.15) is 13.3 Å². The highest BCUT2D eigenvalue weighted by Crippen LogP contribution is 2.03. The van der Waals surface area contributed by atoms with Gasteiger partial charge in [-0.2, -0.15) is 0 Å². The predicted octanol–water partition coefficient (Wildman–Crippen LogP) is 0.471. The molecular weight excluding hydrogens is 160 g/mol. The molecule has 0 saturated carbocycles. The molecule has 7 heavy (non-hydrogen) atoms. The van der Waals surface area contributed by atoms with Gasteiger partial charge in [0.1, 0.15) is 5.01 Å². The molecule has 0 rings (SSSR count). The van der Waals surface area contributed by atoms with Gasteiger partial charge < -0.3 is 10.2 Å². The molecule has 0 aliphatic heterocycles. The van der Waals surface area contributed by atoms with Crippen molar-refractivity contribution in [3.63, 3.8) is 0 Å². The number of hydrogen-bond donors (Lipinski definition) is 2. The van der Waals surface area contributed by atoms with Crippen LogP contribution < -0.4 is 0 Å². The molecule has 0 aliphatic rings. The summed E-state index contributed by atoms with van der Waals surface area (Å²) in [5, 5.41) is 16.4. The van der Waals surface area contributed by atoms with E-state index in [-0.39, 0.29) is 0 Å². The highest BCUT2D eigenvalue weighted by Gasteiger charge is 2.07. The van der Waals surface area contributed by atoms with Crippen LogP contribution in [0.5, 0.6) is 0 Å². The first-order valence-electron chi connectivity index (χ1n) is 2.18.